The topological polar surface area (TPSA) is 20.3 Å². The minimum absolute atomic E-state index is 0.192. The fourth-order valence-electron chi connectivity index (χ4n) is 1.97. The fraction of sp³-hybridized carbons (Fsp3) is 0.583. The van der Waals surface area contributed by atoms with Crippen LogP contribution in [0.15, 0.2) is 15.2 Å². The van der Waals surface area contributed by atoms with Crippen molar-refractivity contribution in [2.24, 2.45) is 0 Å². The second-order valence-electron chi connectivity index (χ2n) is 4.27. The highest BCUT2D eigenvalue weighted by atomic mass is 79.9. The number of halogens is 2. The Balaban J connectivity index is 2.06. The van der Waals surface area contributed by atoms with E-state index in [1.807, 2.05) is 11.4 Å². The van der Waals surface area contributed by atoms with Gasteiger partial charge in [0, 0.05) is 23.3 Å². The van der Waals surface area contributed by atoms with Crippen LogP contribution in [0.3, 0.4) is 0 Å². The highest BCUT2D eigenvalue weighted by molar-refractivity contribution is 9.11. The lowest BCUT2D eigenvalue weighted by Gasteiger charge is -2.37. The van der Waals surface area contributed by atoms with E-state index in [1.165, 1.54) is 19.3 Å². The Hall–Kier alpha value is 0.130. The Morgan fingerprint density at radius 1 is 1.53 bits per heavy atom. The van der Waals surface area contributed by atoms with Crippen LogP contribution in [0.2, 0.25) is 0 Å². The SMILES string of the molecule is O=C(c1csc(Br)c1)N(CCCBr)C1CCC1. The first kappa shape index (κ1) is 13.6. The van der Waals surface area contributed by atoms with Crippen molar-refractivity contribution in [2.45, 2.75) is 31.7 Å². The molecule has 1 saturated carbocycles. The Morgan fingerprint density at radius 2 is 2.29 bits per heavy atom. The van der Waals surface area contributed by atoms with Crippen LogP contribution in [0.25, 0.3) is 0 Å². The number of nitrogens with zero attached hydrogens (tertiary/aromatic N) is 1. The van der Waals surface area contributed by atoms with Crippen LogP contribution < -0.4 is 0 Å². The van der Waals surface area contributed by atoms with E-state index in [2.05, 4.69) is 36.8 Å². The van der Waals surface area contributed by atoms with Gasteiger partial charge in [0.1, 0.15) is 0 Å². The molecule has 0 saturated heterocycles. The molecular formula is C12H15Br2NOS. The molecule has 0 bridgehead atoms. The summed E-state index contributed by atoms with van der Waals surface area (Å²) in [7, 11) is 0. The van der Waals surface area contributed by atoms with Gasteiger partial charge < -0.3 is 4.90 Å². The lowest BCUT2D eigenvalue weighted by molar-refractivity contribution is 0.0581. The van der Waals surface area contributed by atoms with Gasteiger partial charge in [-0.3, -0.25) is 4.79 Å². The molecule has 2 rings (SSSR count). The van der Waals surface area contributed by atoms with Crippen LogP contribution in [0.1, 0.15) is 36.0 Å². The van der Waals surface area contributed by atoms with Gasteiger partial charge in [0.2, 0.25) is 0 Å². The minimum atomic E-state index is 0.192. The summed E-state index contributed by atoms with van der Waals surface area (Å²) in [6.07, 6.45) is 4.61. The van der Waals surface area contributed by atoms with Gasteiger partial charge in [0.15, 0.2) is 0 Å². The van der Waals surface area contributed by atoms with Crippen LogP contribution in [-0.2, 0) is 0 Å². The summed E-state index contributed by atoms with van der Waals surface area (Å²) in [5.41, 5.74) is 0.823. The molecule has 17 heavy (non-hydrogen) atoms. The third-order valence-corrected chi connectivity index (χ3v) is 5.19. The summed E-state index contributed by atoms with van der Waals surface area (Å²) in [4.78, 5) is 14.4. The maximum atomic E-state index is 12.4. The molecule has 1 aromatic heterocycles. The summed E-state index contributed by atoms with van der Waals surface area (Å²) in [5, 5.41) is 2.89. The largest absolute Gasteiger partial charge is 0.336 e. The number of hydrogen-bond acceptors (Lipinski definition) is 2. The smallest absolute Gasteiger partial charge is 0.254 e. The highest BCUT2D eigenvalue weighted by Crippen LogP contribution is 2.28. The molecular weight excluding hydrogens is 366 g/mol. The molecule has 1 aliphatic carbocycles. The molecule has 0 aliphatic heterocycles. The second kappa shape index (κ2) is 6.34. The van der Waals surface area contributed by atoms with Crippen molar-refractivity contribution in [2.75, 3.05) is 11.9 Å². The molecule has 1 amide bonds. The van der Waals surface area contributed by atoms with E-state index in [9.17, 15) is 4.79 Å². The molecule has 0 N–H and O–H groups in total. The fourth-order valence-corrected chi connectivity index (χ4v) is 3.35. The summed E-state index contributed by atoms with van der Waals surface area (Å²) in [6, 6.07) is 2.40. The third-order valence-electron chi connectivity index (χ3n) is 3.12. The van der Waals surface area contributed by atoms with E-state index in [0.717, 1.165) is 27.6 Å². The molecule has 0 aromatic carbocycles. The summed E-state index contributed by atoms with van der Waals surface area (Å²) in [5.74, 6) is 0.192. The average Bonchev–Trinajstić information content (AvgIpc) is 2.67. The predicted octanol–water partition coefficient (Wildman–Crippen LogP) is 4.29. The van der Waals surface area contributed by atoms with Crippen molar-refractivity contribution < 1.29 is 4.79 Å². The zero-order valence-electron chi connectivity index (χ0n) is 9.49. The molecule has 0 radical (unpaired) electrons. The van der Waals surface area contributed by atoms with E-state index < -0.39 is 0 Å². The van der Waals surface area contributed by atoms with Crippen molar-refractivity contribution in [1.82, 2.24) is 4.90 Å². The maximum Gasteiger partial charge on any atom is 0.254 e. The van der Waals surface area contributed by atoms with Gasteiger partial charge in [-0.1, -0.05) is 15.9 Å². The molecule has 1 aliphatic rings. The lowest BCUT2D eigenvalue weighted by Crippen LogP contribution is -2.44. The van der Waals surface area contributed by atoms with Gasteiger partial charge in [0.25, 0.3) is 5.91 Å². The maximum absolute atomic E-state index is 12.4. The first-order valence-corrected chi connectivity index (χ1v) is 8.62. The van der Waals surface area contributed by atoms with Gasteiger partial charge >= 0.3 is 0 Å². The van der Waals surface area contributed by atoms with E-state index in [0.29, 0.717) is 6.04 Å². The molecule has 2 nitrogen and oxygen atoms in total. The quantitative estimate of drug-likeness (QED) is 0.697. The average molecular weight is 381 g/mol. The van der Waals surface area contributed by atoms with Crippen LogP contribution >= 0.6 is 43.2 Å². The van der Waals surface area contributed by atoms with Gasteiger partial charge in [-0.2, -0.15) is 0 Å². The molecule has 0 atom stereocenters. The van der Waals surface area contributed by atoms with Crippen LogP contribution in [0.5, 0.6) is 0 Å². The minimum Gasteiger partial charge on any atom is -0.336 e. The Kier molecular flexibility index (Phi) is 5.06. The van der Waals surface area contributed by atoms with Crippen LogP contribution in [0.4, 0.5) is 0 Å². The summed E-state index contributed by atoms with van der Waals surface area (Å²) in [6.45, 7) is 0.863. The van der Waals surface area contributed by atoms with Crippen LogP contribution in [0, 0.1) is 0 Å². The number of thiophene rings is 1. The Morgan fingerprint density at radius 3 is 2.76 bits per heavy atom. The first-order chi connectivity index (χ1) is 8.22. The summed E-state index contributed by atoms with van der Waals surface area (Å²) >= 11 is 8.41. The molecule has 5 heteroatoms. The van der Waals surface area contributed by atoms with Crippen LogP contribution in [-0.4, -0.2) is 28.7 Å². The predicted molar refractivity (Wildman–Crippen MR) is 79.1 cm³/mol. The normalized spacial score (nSPS) is 15.6. The monoisotopic (exact) mass is 379 g/mol. The second-order valence-corrected chi connectivity index (χ2v) is 7.35. The molecule has 94 valence electrons. The number of amides is 1. The van der Waals surface area contributed by atoms with E-state index in [1.54, 1.807) is 11.3 Å². The number of carbonyl (C=O) groups excluding carboxylic acids is 1. The molecule has 1 aromatic rings. The molecule has 1 heterocycles. The first-order valence-electron chi connectivity index (χ1n) is 5.83. The van der Waals surface area contributed by atoms with Crippen molar-refractivity contribution >= 4 is 49.1 Å². The highest BCUT2D eigenvalue weighted by Gasteiger charge is 2.29. The molecule has 0 spiro atoms. The number of hydrogen-bond donors (Lipinski definition) is 0. The van der Waals surface area contributed by atoms with Gasteiger partial charge in [-0.15, -0.1) is 11.3 Å². The van der Waals surface area contributed by atoms with E-state index in [-0.39, 0.29) is 5.91 Å². The molecule has 0 unspecified atom stereocenters. The van der Waals surface area contributed by atoms with Gasteiger partial charge in [0.05, 0.1) is 9.35 Å². The van der Waals surface area contributed by atoms with Gasteiger partial charge in [-0.05, 0) is 47.7 Å². The lowest BCUT2D eigenvalue weighted by atomic mass is 9.91. The van der Waals surface area contributed by atoms with E-state index in [4.69, 9.17) is 0 Å². The van der Waals surface area contributed by atoms with Crippen molar-refractivity contribution in [1.29, 1.82) is 0 Å². The Labute approximate surface area is 123 Å². The third kappa shape index (κ3) is 3.32. The van der Waals surface area contributed by atoms with Crippen molar-refractivity contribution in [3.63, 3.8) is 0 Å². The number of carbonyl (C=O) groups is 1. The van der Waals surface area contributed by atoms with Crippen molar-refractivity contribution in [3.05, 3.63) is 20.8 Å². The molecule has 1 fully saturated rings. The zero-order valence-corrected chi connectivity index (χ0v) is 13.5. The van der Waals surface area contributed by atoms with Crippen molar-refractivity contribution in [3.8, 4) is 0 Å². The Bertz CT molecular complexity index is 390. The standard InChI is InChI=1S/C12H15Br2NOS/c13-5-2-6-15(10-3-1-4-10)12(16)9-7-11(14)17-8-9/h7-8,10H,1-6H2. The van der Waals surface area contributed by atoms with E-state index >= 15 is 0 Å². The number of rotatable bonds is 5. The van der Waals surface area contributed by atoms with Gasteiger partial charge in [-0.25, -0.2) is 0 Å². The number of alkyl halides is 1. The zero-order chi connectivity index (χ0) is 12.3. The summed E-state index contributed by atoms with van der Waals surface area (Å²) < 4.78 is 1.02.